The Morgan fingerprint density at radius 3 is 1.61 bits per heavy atom. The molecule has 0 fully saturated rings. The molecule has 370 valence electrons. The van der Waals surface area contributed by atoms with Gasteiger partial charge in [-0.05, 0) is 183 Å². The molecular weight excluding hydrogens is 910 g/mol. The molecule has 0 bridgehead atoms. The summed E-state index contributed by atoms with van der Waals surface area (Å²) in [6.45, 7) is 30.3. The van der Waals surface area contributed by atoms with E-state index < -0.39 is 0 Å². The topological polar surface area (TPSA) is 24.6 Å². The van der Waals surface area contributed by atoms with E-state index in [4.69, 9.17) is 4.42 Å². The van der Waals surface area contributed by atoms with Gasteiger partial charge in [-0.1, -0.05) is 153 Å². The SMILES string of the molecule is Cc1cc(-c2cccc3oc4ccccc4c23)cc(C)c1N1c2cc(C(C)(C)C)ccc2B2c3cc4c5cc(C(C)(C)C)ccc5n(-c5ccccc5)c4cc3N(c3c(C)cccc3C)c3cc(C(C)(C)C)cc1c32. The molecule has 0 N–H and O–H groups in total. The van der Waals surface area contributed by atoms with Crippen molar-refractivity contribution in [2.75, 3.05) is 9.80 Å². The number of fused-ring (bicyclic) bond motifs is 10. The Balaban J connectivity index is 1.15. The zero-order valence-electron chi connectivity index (χ0n) is 45.9. The molecule has 0 saturated carbocycles. The van der Waals surface area contributed by atoms with Crippen molar-refractivity contribution in [1.29, 1.82) is 0 Å². The minimum absolute atomic E-state index is 0.0205. The molecule has 2 aliphatic rings. The molecule has 0 saturated heterocycles. The van der Waals surface area contributed by atoms with Crippen LogP contribution in [0.4, 0.5) is 34.1 Å². The molecule has 4 nitrogen and oxygen atoms in total. The van der Waals surface area contributed by atoms with Crippen LogP contribution < -0.4 is 26.2 Å². The zero-order valence-corrected chi connectivity index (χ0v) is 45.9. The van der Waals surface area contributed by atoms with Crippen molar-refractivity contribution in [2.24, 2.45) is 0 Å². The van der Waals surface area contributed by atoms with Gasteiger partial charge in [0.15, 0.2) is 0 Å². The van der Waals surface area contributed by atoms with Crippen LogP contribution in [0, 0.1) is 27.7 Å². The van der Waals surface area contributed by atoms with Crippen molar-refractivity contribution in [1.82, 2.24) is 4.57 Å². The van der Waals surface area contributed by atoms with E-state index in [1.165, 1.54) is 122 Å². The van der Waals surface area contributed by atoms with Crippen LogP contribution in [0.1, 0.15) is 101 Å². The fourth-order valence-corrected chi connectivity index (χ4v) is 12.8. The molecule has 0 unspecified atom stereocenters. The molecule has 0 spiro atoms. The summed E-state index contributed by atoms with van der Waals surface area (Å²) in [4.78, 5) is 5.32. The van der Waals surface area contributed by atoms with Crippen LogP contribution in [0.25, 0.3) is 60.6 Å². The molecule has 4 heterocycles. The first-order chi connectivity index (χ1) is 35.8. The number of benzene rings is 9. The molecule has 2 aliphatic heterocycles. The van der Waals surface area contributed by atoms with E-state index in [0.717, 1.165) is 27.6 Å². The van der Waals surface area contributed by atoms with Crippen molar-refractivity contribution in [2.45, 2.75) is 106 Å². The third-order valence-corrected chi connectivity index (χ3v) is 16.7. The molecule has 0 aliphatic carbocycles. The van der Waals surface area contributed by atoms with Gasteiger partial charge in [0.1, 0.15) is 11.2 Å². The van der Waals surface area contributed by atoms with Gasteiger partial charge < -0.3 is 18.8 Å². The maximum atomic E-state index is 6.44. The second-order valence-corrected chi connectivity index (χ2v) is 24.9. The monoisotopic (exact) mass is 976 g/mol. The number of para-hydroxylation sites is 3. The van der Waals surface area contributed by atoms with Crippen LogP contribution in [0.15, 0.2) is 168 Å². The molecule has 0 atom stereocenters. The van der Waals surface area contributed by atoms with Gasteiger partial charge in [-0.25, -0.2) is 0 Å². The van der Waals surface area contributed by atoms with E-state index in [1.54, 1.807) is 0 Å². The highest BCUT2D eigenvalue weighted by atomic mass is 16.3. The minimum Gasteiger partial charge on any atom is -0.456 e. The number of aryl methyl sites for hydroxylation is 4. The molecule has 0 radical (unpaired) electrons. The first-order valence-electron chi connectivity index (χ1n) is 27.0. The lowest BCUT2D eigenvalue weighted by Gasteiger charge is -2.46. The van der Waals surface area contributed by atoms with E-state index >= 15 is 0 Å². The highest BCUT2D eigenvalue weighted by Crippen LogP contribution is 2.51. The minimum atomic E-state index is -0.165. The van der Waals surface area contributed by atoms with Crippen molar-refractivity contribution in [3.63, 3.8) is 0 Å². The van der Waals surface area contributed by atoms with Gasteiger partial charge >= 0.3 is 0 Å². The Morgan fingerprint density at radius 2 is 0.947 bits per heavy atom. The van der Waals surface area contributed by atoms with Crippen LogP contribution in [0.5, 0.6) is 0 Å². The molecule has 5 heteroatoms. The highest BCUT2D eigenvalue weighted by molar-refractivity contribution is 7.00. The molecular formula is C70H66BN3O. The fraction of sp³-hybridized carbons (Fsp3) is 0.229. The third kappa shape index (κ3) is 7.17. The van der Waals surface area contributed by atoms with Gasteiger partial charge in [0, 0.05) is 50.0 Å². The summed E-state index contributed by atoms with van der Waals surface area (Å²) in [6.07, 6.45) is 0. The van der Waals surface area contributed by atoms with Gasteiger partial charge in [-0.3, -0.25) is 0 Å². The summed E-state index contributed by atoms with van der Waals surface area (Å²) in [5.74, 6) is 0. The van der Waals surface area contributed by atoms with Crippen LogP contribution in [-0.2, 0) is 16.2 Å². The van der Waals surface area contributed by atoms with Crippen molar-refractivity contribution in [3.05, 3.63) is 203 Å². The van der Waals surface area contributed by atoms with E-state index in [-0.39, 0.29) is 23.0 Å². The normalized spacial score (nSPS) is 13.6. The predicted molar refractivity (Wildman–Crippen MR) is 323 cm³/mol. The number of furan rings is 1. The standard InChI is InChI=1S/C70H66BN3O/c1-41-21-19-22-42(2)66(41)74-59-40-57-53(52-35-46(68(5,6)7)30-32-56(52)72(57)49-23-15-14-16-24-49)39-55(59)71-54-31-29-47(69(8,9)10)36-58(54)73(60-37-48(70(11,12)13)38-61(74)65(60)71)67-43(3)33-45(34-44(67)4)50-26-20-28-63-64(50)51-25-17-18-27-62(51)75-63/h14-40H,1-13H3. The Hall–Kier alpha value is -7.76. The number of anilines is 6. The van der Waals surface area contributed by atoms with Crippen LogP contribution in [-0.4, -0.2) is 11.3 Å². The highest BCUT2D eigenvalue weighted by Gasteiger charge is 2.46. The number of hydrogen-bond acceptors (Lipinski definition) is 3. The van der Waals surface area contributed by atoms with Crippen LogP contribution in [0.3, 0.4) is 0 Å². The van der Waals surface area contributed by atoms with Crippen LogP contribution >= 0.6 is 0 Å². The van der Waals surface area contributed by atoms with E-state index in [2.05, 4.69) is 268 Å². The Morgan fingerprint density at radius 1 is 0.400 bits per heavy atom. The number of hydrogen-bond donors (Lipinski definition) is 0. The van der Waals surface area contributed by atoms with E-state index in [1.807, 2.05) is 0 Å². The average molecular weight is 976 g/mol. The lowest BCUT2D eigenvalue weighted by molar-refractivity contribution is 0.590. The Bertz CT molecular complexity index is 4140. The summed E-state index contributed by atoms with van der Waals surface area (Å²) >= 11 is 0. The number of rotatable bonds is 4. The summed E-state index contributed by atoms with van der Waals surface area (Å²) in [6, 6.07) is 62.3. The summed E-state index contributed by atoms with van der Waals surface area (Å²) in [7, 11) is 0. The Kier molecular flexibility index (Phi) is 10.3. The lowest BCUT2D eigenvalue weighted by atomic mass is 9.33. The summed E-state index contributed by atoms with van der Waals surface area (Å²) < 4.78 is 8.94. The van der Waals surface area contributed by atoms with Crippen molar-refractivity contribution < 1.29 is 4.42 Å². The smallest absolute Gasteiger partial charge is 0.252 e. The van der Waals surface area contributed by atoms with Gasteiger partial charge in [-0.15, -0.1) is 0 Å². The maximum Gasteiger partial charge on any atom is 0.252 e. The lowest BCUT2D eigenvalue weighted by Crippen LogP contribution is -2.61. The zero-order chi connectivity index (χ0) is 52.2. The second kappa shape index (κ2) is 16.4. The Labute approximate surface area is 443 Å². The first kappa shape index (κ1) is 47.0. The maximum absolute atomic E-state index is 6.44. The van der Waals surface area contributed by atoms with Gasteiger partial charge in [0.2, 0.25) is 0 Å². The summed E-state index contributed by atoms with van der Waals surface area (Å²) in [5, 5.41) is 4.86. The molecule has 9 aromatic carbocycles. The third-order valence-electron chi connectivity index (χ3n) is 16.7. The van der Waals surface area contributed by atoms with Crippen molar-refractivity contribution >= 4 is 101 Å². The number of aromatic nitrogens is 1. The largest absolute Gasteiger partial charge is 0.456 e. The van der Waals surface area contributed by atoms with Crippen molar-refractivity contribution in [3.8, 4) is 16.8 Å². The average Bonchev–Trinajstić information content (AvgIpc) is 3.98. The number of nitrogens with zero attached hydrogens (tertiary/aromatic N) is 3. The van der Waals surface area contributed by atoms with Crippen LogP contribution in [0.2, 0.25) is 0 Å². The van der Waals surface area contributed by atoms with E-state index in [0.29, 0.717) is 0 Å². The van der Waals surface area contributed by atoms with Gasteiger partial charge in [-0.2, -0.15) is 0 Å². The first-order valence-corrected chi connectivity index (χ1v) is 27.0. The quantitative estimate of drug-likeness (QED) is 0.164. The van der Waals surface area contributed by atoms with E-state index in [9.17, 15) is 0 Å². The molecule has 11 aromatic rings. The molecule has 2 aromatic heterocycles. The predicted octanol–water partition coefficient (Wildman–Crippen LogP) is 17.6. The second-order valence-electron chi connectivity index (χ2n) is 24.9. The molecule has 0 amide bonds. The van der Waals surface area contributed by atoms with Gasteiger partial charge in [0.05, 0.1) is 22.4 Å². The fourth-order valence-electron chi connectivity index (χ4n) is 12.8. The summed E-state index contributed by atoms with van der Waals surface area (Å²) in [5.41, 5.74) is 27.8. The molecule has 75 heavy (non-hydrogen) atoms. The van der Waals surface area contributed by atoms with Gasteiger partial charge in [0.25, 0.3) is 6.71 Å². The molecule has 13 rings (SSSR count).